The molecule has 4 heteroatoms. The smallest absolute Gasteiger partial charge is 0.137 e. The fourth-order valence-electron chi connectivity index (χ4n) is 1.58. The zero-order valence-corrected chi connectivity index (χ0v) is 13.8. The quantitative estimate of drug-likeness (QED) is 0.822. The van der Waals surface area contributed by atoms with Crippen molar-refractivity contribution in [3.8, 4) is 5.75 Å². The van der Waals surface area contributed by atoms with E-state index in [1.807, 2.05) is 45.0 Å². The monoisotopic (exact) mass is 304 g/mol. The Morgan fingerprint density at radius 3 is 2.57 bits per heavy atom. The van der Waals surface area contributed by atoms with E-state index in [0.717, 1.165) is 17.1 Å². The van der Waals surface area contributed by atoms with Crippen molar-refractivity contribution in [3.63, 3.8) is 0 Å². The third-order valence-electron chi connectivity index (χ3n) is 2.52. The third-order valence-corrected chi connectivity index (χ3v) is 3.72. The predicted molar refractivity (Wildman–Crippen MR) is 91.0 cm³/mol. The van der Waals surface area contributed by atoms with Crippen LogP contribution in [0.15, 0.2) is 53.7 Å². The number of hydrogen-bond donors (Lipinski definition) is 1. The highest BCUT2D eigenvalue weighted by Gasteiger charge is 2.05. The molecule has 1 aromatic carbocycles. The summed E-state index contributed by atoms with van der Waals surface area (Å²) >= 11 is 1.75. The number of ether oxygens (including phenoxy) is 1. The molecule has 1 aromatic heterocycles. The van der Waals surface area contributed by atoms with Crippen LogP contribution in [0, 0.1) is 6.92 Å². The molecule has 0 aliphatic heterocycles. The van der Waals surface area contributed by atoms with Gasteiger partial charge in [-0.15, -0.1) is 11.8 Å². The topological polar surface area (TPSA) is 48.1 Å². The van der Waals surface area contributed by atoms with Gasteiger partial charge in [-0.1, -0.05) is 32.0 Å². The first kappa shape index (κ1) is 17.5. The van der Waals surface area contributed by atoms with Crippen LogP contribution in [0.25, 0.3) is 0 Å². The maximum atomic E-state index is 6.04. The lowest BCUT2D eigenvalue weighted by Gasteiger charge is -2.13. The summed E-state index contributed by atoms with van der Waals surface area (Å²) in [5.74, 6) is 1.61. The summed E-state index contributed by atoms with van der Waals surface area (Å²) in [6.07, 6.45) is 3.52. The van der Waals surface area contributed by atoms with E-state index in [0.29, 0.717) is 6.61 Å². The molecule has 0 saturated carbocycles. The summed E-state index contributed by atoms with van der Waals surface area (Å²) in [5.41, 5.74) is 7.13. The molecule has 0 aliphatic rings. The van der Waals surface area contributed by atoms with Gasteiger partial charge in [0.2, 0.25) is 0 Å². The normalized spacial score (nSPS) is 11.2. The van der Waals surface area contributed by atoms with E-state index in [-0.39, 0.29) is 6.04 Å². The molecule has 21 heavy (non-hydrogen) atoms. The first-order valence-corrected chi connectivity index (χ1v) is 8.20. The van der Waals surface area contributed by atoms with Crippen molar-refractivity contribution in [2.75, 3.05) is 12.4 Å². The summed E-state index contributed by atoms with van der Waals surface area (Å²) in [5, 5.41) is 0. The van der Waals surface area contributed by atoms with Crippen LogP contribution in [0.1, 0.15) is 19.4 Å². The first-order valence-electron chi connectivity index (χ1n) is 7.22. The Bertz CT molecular complexity index is 505. The number of hydrogen-bond acceptors (Lipinski definition) is 4. The Morgan fingerprint density at radius 2 is 1.90 bits per heavy atom. The van der Waals surface area contributed by atoms with Crippen LogP contribution >= 0.6 is 11.8 Å². The lowest BCUT2D eigenvalue weighted by atomic mass is 10.3. The van der Waals surface area contributed by atoms with Crippen LogP contribution < -0.4 is 10.5 Å². The van der Waals surface area contributed by atoms with Gasteiger partial charge in [0.15, 0.2) is 0 Å². The van der Waals surface area contributed by atoms with Crippen molar-refractivity contribution >= 4 is 11.8 Å². The Hall–Kier alpha value is -1.52. The minimum atomic E-state index is 0.00529. The zero-order valence-electron chi connectivity index (χ0n) is 13.0. The number of nitrogens with zero attached hydrogens (tertiary/aromatic N) is 1. The van der Waals surface area contributed by atoms with Crippen LogP contribution in [0.3, 0.4) is 0 Å². The maximum absolute atomic E-state index is 6.04. The highest BCUT2D eigenvalue weighted by Crippen LogP contribution is 2.18. The van der Waals surface area contributed by atoms with Crippen LogP contribution in [0.5, 0.6) is 5.75 Å². The molecule has 1 atom stereocenters. The van der Waals surface area contributed by atoms with Crippen molar-refractivity contribution < 1.29 is 4.74 Å². The largest absolute Gasteiger partial charge is 0.490 e. The van der Waals surface area contributed by atoms with Gasteiger partial charge in [0, 0.05) is 22.9 Å². The molecular formula is C17H24N2OS. The average Bonchev–Trinajstić information content (AvgIpc) is 2.54. The van der Waals surface area contributed by atoms with Crippen LogP contribution in [-0.4, -0.2) is 23.4 Å². The molecule has 0 aliphatic carbocycles. The van der Waals surface area contributed by atoms with E-state index in [1.54, 1.807) is 24.2 Å². The molecule has 3 nitrogen and oxygen atoms in total. The Balaban J connectivity index is 0.00000106. The summed E-state index contributed by atoms with van der Waals surface area (Å²) < 4.78 is 5.64. The van der Waals surface area contributed by atoms with E-state index in [1.165, 1.54) is 4.90 Å². The molecule has 0 bridgehead atoms. The van der Waals surface area contributed by atoms with Gasteiger partial charge in [-0.3, -0.25) is 4.98 Å². The Labute approximate surface area is 131 Å². The second-order valence-corrected chi connectivity index (χ2v) is 5.49. The number of rotatable bonds is 6. The van der Waals surface area contributed by atoms with E-state index in [2.05, 4.69) is 17.1 Å². The lowest BCUT2D eigenvalue weighted by Crippen LogP contribution is -2.30. The van der Waals surface area contributed by atoms with Gasteiger partial charge in [-0.2, -0.15) is 0 Å². The molecule has 0 saturated heterocycles. The van der Waals surface area contributed by atoms with Gasteiger partial charge in [-0.25, -0.2) is 0 Å². The van der Waals surface area contributed by atoms with Crippen molar-refractivity contribution in [1.29, 1.82) is 0 Å². The fourth-order valence-corrected chi connectivity index (χ4v) is 2.43. The van der Waals surface area contributed by atoms with Gasteiger partial charge >= 0.3 is 0 Å². The van der Waals surface area contributed by atoms with Crippen molar-refractivity contribution in [1.82, 2.24) is 4.98 Å². The van der Waals surface area contributed by atoms with Gasteiger partial charge in [-0.05, 0) is 30.7 Å². The average molecular weight is 304 g/mol. The molecule has 2 aromatic rings. The fraction of sp³-hybridized carbons (Fsp3) is 0.353. The van der Waals surface area contributed by atoms with E-state index < -0.39 is 0 Å². The van der Waals surface area contributed by atoms with Crippen LogP contribution in [0.2, 0.25) is 0 Å². The molecule has 2 N–H and O–H groups in total. The van der Waals surface area contributed by atoms with E-state index in [4.69, 9.17) is 10.5 Å². The van der Waals surface area contributed by atoms with Crippen LogP contribution in [0.4, 0.5) is 0 Å². The number of pyridine rings is 1. The number of nitrogens with two attached hydrogens (primary N) is 1. The molecule has 0 radical (unpaired) electrons. The third kappa shape index (κ3) is 7.16. The molecule has 0 spiro atoms. The number of aryl methyl sites for hydroxylation is 1. The molecule has 2 rings (SSSR count). The second kappa shape index (κ2) is 10.2. The highest BCUT2D eigenvalue weighted by atomic mass is 32.2. The number of thioether (sulfide) groups is 1. The summed E-state index contributed by atoms with van der Waals surface area (Å²) in [6.45, 7) is 6.50. The summed E-state index contributed by atoms with van der Waals surface area (Å²) in [6, 6.07) is 12.2. The number of benzene rings is 1. The van der Waals surface area contributed by atoms with Crippen molar-refractivity contribution in [3.05, 3.63) is 54.4 Å². The predicted octanol–water partition coefficient (Wildman–Crippen LogP) is 3.91. The minimum Gasteiger partial charge on any atom is -0.490 e. The Kier molecular flexibility index (Phi) is 8.55. The summed E-state index contributed by atoms with van der Waals surface area (Å²) in [4.78, 5) is 5.32. The molecule has 1 heterocycles. The molecule has 114 valence electrons. The maximum Gasteiger partial charge on any atom is 0.137 e. The van der Waals surface area contributed by atoms with E-state index >= 15 is 0 Å². The van der Waals surface area contributed by atoms with Crippen molar-refractivity contribution in [2.45, 2.75) is 31.7 Å². The first-order chi connectivity index (χ1) is 10.2. The van der Waals surface area contributed by atoms with E-state index in [9.17, 15) is 0 Å². The van der Waals surface area contributed by atoms with Gasteiger partial charge < -0.3 is 10.5 Å². The molecule has 0 fully saturated rings. The highest BCUT2D eigenvalue weighted by molar-refractivity contribution is 7.99. The standard InChI is InChI=1S/C15H18N2OS.C2H6/c1-12-7-14(9-17-8-12)18-10-13(16)11-19-15-5-3-2-4-6-15;1-2/h2-9,13H,10-11,16H2,1H3;1-2H3. The Morgan fingerprint density at radius 1 is 1.19 bits per heavy atom. The number of aromatic nitrogens is 1. The van der Waals surface area contributed by atoms with Crippen LogP contribution in [-0.2, 0) is 0 Å². The zero-order chi connectivity index (χ0) is 15.5. The van der Waals surface area contributed by atoms with Gasteiger partial charge in [0.25, 0.3) is 0 Å². The lowest BCUT2D eigenvalue weighted by molar-refractivity contribution is 0.296. The van der Waals surface area contributed by atoms with Crippen molar-refractivity contribution in [2.24, 2.45) is 5.73 Å². The minimum absolute atomic E-state index is 0.00529. The SMILES string of the molecule is CC.Cc1cncc(OCC(N)CSc2ccccc2)c1. The van der Waals surface area contributed by atoms with Gasteiger partial charge in [0.1, 0.15) is 12.4 Å². The van der Waals surface area contributed by atoms with Gasteiger partial charge in [0.05, 0.1) is 6.20 Å². The molecule has 1 unspecified atom stereocenters. The molecule has 0 amide bonds. The molecular weight excluding hydrogens is 280 g/mol. The second-order valence-electron chi connectivity index (χ2n) is 4.39. The summed E-state index contributed by atoms with van der Waals surface area (Å²) in [7, 11) is 0.